The average Bonchev–Trinajstić information content (AvgIpc) is 3.66. The van der Waals surface area contributed by atoms with E-state index in [1.165, 1.54) is 6.33 Å². The lowest BCUT2D eigenvalue weighted by Crippen LogP contribution is -2.41. The van der Waals surface area contributed by atoms with E-state index in [-0.39, 0.29) is 11.8 Å². The fourth-order valence-electron chi connectivity index (χ4n) is 4.29. The zero-order chi connectivity index (χ0) is 25.6. The molecule has 0 spiro atoms. The van der Waals surface area contributed by atoms with Gasteiger partial charge in [0.25, 0.3) is 0 Å². The number of ether oxygens (including phenoxy) is 2. The maximum Gasteiger partial charge on any atom is 0.223 e. The van der Waals surface area contributed by atoms with Gasteiger partial charge in [0.1, 0.15) is 17.7 Å². The molecule has 192 valence electrons. The summed E-state index contributed by atoms with van der Waals surface area (Å²) in [6.45, 7) is 2.08. The molecule has 1 aliphatic heterocycles. The lowest BCUT2D eigenvalue weighted by atomic mass is 9.96. The number of carbonyl (C=O) groups is 1. The summed E-state index contributed by atoms with van der Waals surface area (Å²) in [5.74, 6) is 2.87. The highest BCUT2D eigenvalue weighted by atomic mass is 32.1. The van der Waals surface area contributed by atoms with Crippen LogP contribution in [0.3, 0.4) is 0 Å². The van der Waals surface area contributed by atoms with Crippen LogP contribution in [0.1, 0.15) is 18.5 Å². The van der Waals surface area contributed by atoms with Gasteiger partial charge in [-0.25, -0.2) is 14.6 Å². The van der Waals surface area contributed by atoms with Crippen molar-refractivity contribution in [1.29, 1.82) is 0 Å². The lowest BCUT2D eigenvalue weighted by Gasteiger charge is -2.31. The molecule has 3 aromatic heterocycles. The monoisotopic (exact) mass is 520 g/mol. The van der Waals surface area contributed by atoms with Gasteiger partial charge in [0, 0.05) is 42.9 Å². The van der Waals surface area contributed by atoms with Crippen molar-refractivity contribution >= 4 is 23.1 Å². The SMILES string of the molecule is COc1ccc(-c2nc(CCNC(=O)C3CCN(c4ccc(-n5cncn5)nn4)CC3)cs2)cc1OC. The molecule has 0 bridgehead atoms. The molecule has 12 heteroatoms. The number of nitrogens with one attached hydrogen (secondary N) is 1. The molecular weight excluding hydrogens is 492 g/mol. The zero-order valence-electron chi connectivity index (χ0n) is 20.7. The highest BCUT2D eigenvalue weighted by Crippen LogP contribution is 2.33. The van der Waals surface area contributed by atoms with Crippen LogP contribution < -0.4 is 19.7 Å². The number of carbonyl (C=O) groups excluding carboxylic acids is 1. The van der Waals surface area contributed by atoms with Gasteiger partial charge < -0.3 is 19.7 Å². The van der Waals surface area contributed by atoms with Crippen LogP contribution in [0.25, 0.3) is 16.4 Å². The third kappa shape index (κ3) is 5.69. The minimum absolute atomic E-state index is 0.00334. The molecular formula is C25H28N8O3S. The molecule has 1 aromatic carbocycles. The third-order valence-electron chi connectivity index (χ3n) is 6.34. The van der Waals surface area contributed by atoms with Gasteiger partial charge in [-0.1, -0.05) is 0 Å². The van der Waals surface area contributed by atoms with Gasteiger partial charge in [-0.3, -0.25) is 4.79 Å². The molecule has 0 unspecified atom stereocenters. The molecule has 1 aliphatic rings. The molecule has 1 fully saturated rings. The minimum atomic E-state index is -0.00334. The summed E-state index contributed by atoms with van der Waals surface area (Å²) in [4.78, 5) is 23.6. The van der Waals surface area contributed by atoms with E-state index in [0.29, 0.717) is 30.3 Å². The van der Waals surface area contributed by atoms with E-state index >= 15 is 0 Å². The first-order chi connectivity index (χ1) is 18.1. The second kappa shape index (κ2) is 11.3. The van der Waals surface area contributed by atoms with Gasteiger partial charge in [-0.15, -0.1) is 21.5 Å². The quantitative estimate of drug-likeness (QED) is 0.355. The standard InChI is InChI=1S/C25H28N8O3S/c1-35-20-4-3-18(13-21(20)36-2)25-29-19(14-37-25)7-10-27-24(34)17-8-11-32(12-9-17)22-5-6-23(31-30-22)33-16-26-15-28-33/h3-6,13-17H,7-12H2,1-2H3,(H,27,34). The van der Waals surface area contributed by atoms with Gasteiger partial charge >= 0.3 is 0 Å². The normalized spacial score (nSPS) is 13.9. The molecule has 0 atom stereocenters. The van der Waals surface area contributed by atoms with Crippen LogP contribution in [0.15, 0.2) is 48.4 Å². The first kappa shape index (κ1) is 24.6. The number of anilines is 1. The molecule has 4 aromatic rings. The third-order valence-corrected chi connectivity index (χ3v) is 7.28. The van der Waals surface area contributed by atoms with Crippen molar-refractivity contribution in [2.24, 2.45) is 5.92 Å². The number of hydrogen-bond donors (Lipinski definition) is 1. The number of aromatic nitrogens is 6. The number of methoxy groups -OCH3 is 2. The Morgan fingerprint density at radius 3 is 2.57 bits per heavy atom. The van der Waals surface area contributed by atoms with Gasteiger partial charge in [0.15, 0.2) is 23.1 Å². The van der Waals surface area contributed by atoms with Crippen molar-refractivity contribution in [2.45, 2.75) is 19.3 Å². The molecule has 0 aliphatic carbocycles. The number of rotatable bonds is 9. The van der Waals surface area contributed by atoms with Gasteiger partial charge in [-0.05, 0) is 43.2 Å². The van der Waals surface area contributed by atoms with Gasteiger partial charge in [0.2, 0.25) is 5.91 Å². The predicted molar refractivity (Wildman–Crippen MR) is 139 cm³/mol. The number of nitrogens with zero attached hydrogens (tertiary/aromatic N) is 7. The van der Waals surface area contributed by atoms with Crippen molar-refractivity contribution in [3.63, 3.8) is 0 Å². The second-order valence-corrected chi connectivity index (χ2v) is 9.46. The van der Waals surface area contributed by atoms with Crippen LogP contribution in [0.5, 0.6) is 11.5 Å². The maximum atomic E-state index is 12.7. The van der Waals surface area contributed by atoms with E-state index in [9.17, 15) is 4.79 Å². The number of hydrogen-bond acceptors (Lipinski definition) is 10. The van der Waals surface area contributed by atoms with Crippen LogP contribution in [0.4, 0.5) is 5.82 Å². The lowest BCUT2D eigenvalue weighted by molar-refractivity contribution is -0.125. The van der Waals surface area contributed by atoms with E-state index in [2.05, 4.69) is 30.5 Å². The van der Waals surface area contributed by atoms with Crippen LogP contribution in [0.2, 0.25) is 0 Å². The minimum Gasteiger partial charge on any atom is -0.493 e. The molecule has 0 saturated carbocycles. The Hall–Kier alpha value is -4.06. The highest BCUT2D eigenvalue weighted by molar-refractivity contribution is 7.13. The molecule has 4 heterocycles. The molecule has 1 amide bonds. The number of piperidine rings is 1. The largest absolute Gasteiger partial charge is 0.493 e. The van der Waals surface area contributed by atoms with Crippen LogP contribution >= 0.6 is 11.3 Å². The Morgan fingerprint density at radius 1 is 1.08 bits per heavy atom. The first-order valence-electron chi connectivity index (χ1n) is 12.0. The summed E-state index contributed by atoms with van der Waals surface area (Å²) < 4.78 is 12.3. The van der Waals surface area contributed by atoms with Crippen LogP contribution in [0, 0.1) is 5.92 Å². The van der Waals surface area contributed by atoms with Gasteiger partial charge in [0.05, 0.1) is 19.9 Å². The summed E-state index contributed by atoms with van der Waals surface area (Å²) in [6.07, 6.45) is 5.28. The maximum absolute atomic E-state index is 12.7. The van der Waals surface area contributed by atoms with Crippen LogP contribution in [-0.2, 0) is 11.2 Å². The molecule has 1 N–H and O–H groups in total. The van der Waals surface area contributed by atoms with E-state index in [0.717, 1.165) is 48.0 Å². The number of benzene rings is 1. The van der Waals surface area contributed by atoms with Crippen molar-refractivity contribution in [3.8, 4) is 27.9 Å². The molecule has 5 rings (SSSR count). The van der Waals surface area contributed by atoms with Gasteiger partial charge in [-0.2, -0.15) is 5.10 Å². The molecule has 1 saturated heterocycles. The van der Waals surface area contributed by atoms with E-state index in [1.54, 1.807) is 36.6 Å². The van der Waals surface area contributed by atoms with Crippen molar-refractivity contribution < 1.29 is 14.3 Å². The summed E-state index contributed by atoms with van der Waals surface area (Å²) in [5, 5.41) is 18.6. The Labute approximate surface area is 218 Å². The van der Waals surface area contributed by atoms with Crippen molar-refractivity contribution in [2.75, 3.05) is 38.8 Å². The van der Waals surface area contributed by atoms with E-state index in [1.807, 2.05) is 35.7 Å². The molecule has 11 nitrogen and oxygen atoms in total. The first-order valence-corrected chi connectivity index (χ1v) is 12.9. The van der Waals surface area contributed by atoms with Crippen LogP contribution in [-0.4, -0.2) is 69.7 Å². The summed E-state index contributed by atoms with van der Waals surface area (Å²) >= 11 is 1.58. The smallest absolute Gasteiger partial charge is 0.223 e. The second-order valence-electron chi connectivity index (χ2n) is 8.61. The Balaban J connectivity index is 1.08. The summed E-state index contributed by atoms with van der Waals surface area (Å²) in [5.41, 5.74) is 1.93. The molecule has 0 radical (unpaired) electrons. The topological polar surface area (TPSA) is 120 Å². The number of amides is 1. The average molecular weight is 521 g/mol. The Morgan fingerprint density at radius 2 is 1.86 bits per heavy atom. The Bertz CT molecular complexity index is 1320. The molecule has 37 heavy (non-hydrogen) atoms. The predicted octanol–water partition coefficient (Wildman–Crippen LogP) is 2.77. The summed E-state index contributed by atoms with van der Waals surface area (Å²) in [6, 6.07) is 9.56. The Kier molecular flexibility index (Phi) is 7.54. The van der Waals surface area contributed by atoms with Crippen molar-refractivity contribution in [1.82, 2.24) is 35.3 Å². The fraction of sp³-hybridized carbons (Fsp3) is 0.360. The van der Waals surface area contributed by atoms with E-state index in [4.69, 9.17) is 14.5 Å². The zero-order valence-corrected chi connectivity index (χ0v) is 21.5. The number of thiazole rings is 1. The summed E-state index contributed by atoms with van der Waals surface area (Å²) in [7, 11) is 3.24. The highest BCUT2D eigenvalue weighted by Gasteiger charge is 2.25. The fourth-order valence-corrected chi connectivity index (χ4v) is 5.14. The van der Waals surface area contributed by atoms with E-state index < -0.39 is 0 Å². The van der Waals surface area contributed by atoms with Crippen molar-refractivity contribution in [3.05, 3.63) is 54.1 Å².